The molecule has 1 unspecified atom stereocenters. The Bertz CT molecular complexity index is 822. The molecule has 0 fully saturated rings. The first-order valence-electron chi connectivity index (χ1n) is 7.52. The molecule has 0 saturated carbocycles. The van der Waals surface area contributed by atoms with Gasteiger partial charge in [0, 0.05) is 18.8 Å². The van der Waals surface area contributed by atoms with Crippen LogP contribution in [0.25, 0.3) is 10.2 Å². The first-order valence-corrected chi connectivity index (χ1v) is 8.33. The van der Waals surface area contributed by atoms with Gasteiger partial charge in [-0.2, -0.15) is 5.10 Å². The number of benzene rings is 1. The molecular weight excluding hydrogens is 326 g/mol. The number of thiazole rings is 1. The van der Waals surface area contributed by atoms with Crippen molar-refractivity contribution in [3.63, 3.8) is 0 Å². The van der Waals surface area contributed by atoms with Gasteiger partial charge in [-0.05, 0) is 19.1 Å². The molecule has 0 spiro atoms. The van der Waals surface area contributed by atoms with E-state index in [2.05, 4.69) is 20.7 Å². The van der Waals surface area contributed by atoms with Crippen LogP contribution in [-0.2, 0) is 19.2 Å². The molecule has 2 amide bonds. The normalized spacial score (nSPS) is 13.6. The van der Waals surface area contributed by atoms with Crippen molar-refractivity contribution in [1.29, 1.82) is 0 Å². The third-order valence-electron chi connectivity index (χ3n) is 3.66. The molecule has 7 nitrogen and oxygen atoms in total. The van der Waals surface area contributed by atoms with E-state index in [1.165, 1.54) is 0 Å². The molecule has 0 bridgehead atoms. The van der Waals surface area contributed by atoms with Crippen LogP contribution >= 0.6 is 11.3 Å². The summed E-state index contributed by atoms with van der Waals surface area (Å²) in [7, 11) is 1.78. The van der Waals surface area contributed by atoms with Crippen molar-refractivity contribution in [1.82, 2.24) is 25.4 Å². The number of urea groups is 1. The van der Waals surface area contributed by atoms with Gasteiger partial charge in [-0.15, -0.1) is 11.3 Å². The van der Waals surface area contributed by atoms with Gasteiger partial charge in [0.15, 0.2) is 0 Å². The fourth-order valence-corrected chi connectivity index (χ4v) is 3.17. The zero-order chi connectivity index (χ0) is 17.2. The molecule has 0 radical (unpaired) electrons. The molecule has 126 valence electrons. The van der Waals surface area contributed by atoms with Gasteiger partial charge in [0.25, 0.3) is 0 Å². The van der Waals surface area contributed by atoms with Crippen LogP contribution in [0.15, 0.2) is 36.7 Å². The maximum absolute atomic E-state index is 11.9. The van der Waals surface area contributed by atoms with Crippen LogP contribution < -0.4 is 10.6 Å². The van der Waals surface area contributed by atoms with E-state index in [1.807, 2.05) is 24.3 Å². The third-order valence-corrected chi connectivity index (χ3v) is 4.69. The Balaban J connectivity index is 1.52. The lowest BCUT2D eigenvalue weighted by atomic mass is 10.00. The minimum atomic E-state index is -1.18. The van der Waals surface area contributed by atoms with E-state index in [4.69, 9.17) is 0 Å². The molecule has 1 atom stereocenters. The zero-order valence-corrected chi connectivity index (χ0v) is 14.3. The Hall–Kier alpha value is -2.45. The second-order valence-electron chi connectivity index (χ2n) is 5.79. The molecule has 0 aliphatic carbocycles. The van der Waals surface area contributed by atoms with Crippen molar-refractivity contribution in [2.45, 2.75) is 19.1 Å². The van der Waals surface area contributed by atoms with Crippen LogP contribution in [0.5, 0.6) is 0 Å². The third kappa shape index (κ3) is 3.72. The van der Waals surface area contributed by atoms with Gasteiger partial charge >= 0.3 is 6.03 Å². The van der Waals surface area contributed by atoms with E-state index in [9.17, 15) is 9.90 Å². The Morgan fingerprint density at radius 1 is 1.38 bits per heavy atom. The Labute approximate surface area is 143 Å². The van der Waals surface area contributed by atoms with Crippen LogP contribution in [0.3, 0.4) is 0 Å². The van der Waals surface area contributed by atoms with Crippen molar-refractivity contribution >= 4 is 27.6 Å². The number of rotatable bonds is 5. The molecule has 24 heavy (non-hydrogen) atoms. The van der Waals surface area contributed by atoms with Gasteiger partial charge in [-0.3, -0.25) is 4.68 Å². The number of aromatic nitrogens is 3. The predicted molar refractivity (Wildman–Crippen MR) is 92.6 cm³/mol. The van der Waals surface area contributed by atoms with Crippen LogP contribution in [0.2, 0.25) is 0 Å². The number of nitrogens with one attached hydrogen (secondary N) is 2. The van der Waals surface area contributed by atoms with Gasteiger partial charge in [0.2, 0.25) is 0 Å². The van der Waals surface area contributed by atoms with Crippen LogP contribution in [0, 0.1) is 0 Å². The highest BCUT2D eigenvalue weighted by Gasteiger charge is 2.25. The molecular formula is C16H19N5O2S. The van der Waals surface area contributed by atoms with E-state index in [0.29, 0.717) is 12.1 Å². The minimum Gasteiger partial charge on any atom is -0.383 e. The van der Waals surface area contributed by atoms with E-state index < -0.39 is 5.60 Å². The maximum atomic E-state index is 11.9. The maximum Gasteiger partial charge on any atom is 0.315 e. The van der Waals surface area contributed by atoms with Crippen LogP contribution in [0.1, 0.15) is 17.5 Å². The predicted octanol–water partition coefficient (Wildman–Crippen LogP) is 1.74. The van der Waals surface area contributed by atoms with Crippen molar-refractivity contribution in [3.8, 4) is 0 Å². The summed E-state index contributed by atoms with van der Waals surface area (Å²) in [5.74, 6) is 0. The average Bonchev–Trinajstić information content (AvgIpc) is 3.17. The number of carbonyl (C=O) groups excluding carboxylic acids is 1. The molecule has 0 aliphatic rings. The lowest BCUT2D eigenvalue weighted by Crippen LogP contribution is -2.43. The molecule has 3 rings (SSSR count). The number of para-hydroxylation sites is 1. The van der Waals surface area contributed by atoms with E-state index in [-0.39, 0.29) is 12.6 Å². The Morgan fingerprint density at radius 2 is 2.17 bits per heavy atom. The average molecular weight is 345 g/mol. The van der Waals surface area contributed by atoms with Crippen LogP contribution in [-0.4, -0.2) is 32.4 Å². The second-order valence-corrected chi connectivity index (χ2v) is 6.90. The number of hydrogen-bond acceptors (Lipinski definition) is 5. The van der Waals surface area contributed by atoms with Crippen LogP contribution in [0.4, 0.5) is 4.79 Å². The number of aliphatic hydroxyl groups is 1. The highest BCUT2D eigenvalue weighted by atomic mass is 32.1. The SMILES string of the molecule is Cn1cc(C(C)(O)CNC(=O)NCc2nc3ccccc3s2)cn1. The number of hydrogen-bond donors (Lipinski definition) is 3. The monoisotopic (exact) mass is 345 g/mol. The summed E-state index contributed by atoms with van der Waals surface area (Å²) in [4.78, 5) is 16.4. The fourth-order valence-electron chi connectivity index (χ4n) is 2.27. The lowest BCUT2D eigenvalue weighted by molar-refractivity contribution is 0.0593. The summed E-state index contributed by atoms with van der Waals surface area (Å²) in [5, 5.41) is 20.7. The first-order chi connectivity index (χ1) is 11.4. The van der Waals surface area contributed by atoms with E-state index >= 15 is 0 Å². The molecule has 8 heteroatoms. The largest absolute Gasteiger partial charge is 0.383 e. The first kappa shape index (κ1) is 16.4. The molecule has 2 aromatic heterocycles. The number of nitrogens with zero attached hydrogens (tertiary/aromatic N) is 3. The number of aryl methyl sites for hydroxylation is 1. The summed E-state index contributed by atoms with van der Waals surface area (Å²) < 4.78 is 2.70. The highest BCUT2D eigenvalue weighted by molar-refractivity contribution is 7.18. The fraction of sp³-hybridized carbons (Fsp3) is 0.312. The second kappa shape index (κ2) is 6.58. The van der Waals surface area contributed by atoms with Gasteiger partial charge in [0.1, 0.15) is 10.6 Å². The van der Waals surface area contributed by atoms with Crippen molar-refractivity contribution in [3.05, 3.63) is 47.2 Å². The van der Waals surface area contributed by atoms with Gasteiger partial charge in [0.05, 0.1) is 29.5 Å². The molecule has 0 saturated heterocycles. The summed E-state index contributed by atoms with van der Waals surface area (Å²) >= 11 is 1.55. The highest BCUT2D eigenvalue weighted by Crippen LogP contribution is 2.21. The number of fused-ring (bicyclic) bond motifs is 1. The summed E-state index contributed by atoms with van der Waals surface area (Å²) in [5.41, 5.74) is 0.400. The van der Waals surface area contributed by atoms with Crippen molar-refractivity contribution < 1.29 is 9.90 Å². The molecule has 2 heterocycles. The number of carbonyl (C=O) groups is 1. The van der Waals surface area contributed by atoms with E-state index in [0.717, 1.165) is 15.2 Å². The Morgan fingerprint density at radius 3 is 2.88 bits per heavy atom. The van der Waals surface area contributed by atoms with Gasteiger partial charge < -0.3 is 15.7 Å². The Kier molecular flexibility index (Phi) is 4.50. The van der Waals surface area contributed by atoms with Crippen molar-refractivity contribution in [2.75, 3.05) is 6.54 Å². The molecule has 1 aromatic carbocycles. The van der Waals surface area contributed by atoms with Gasteiger partial charge in [-0.1, -0.05) is 12.1 Å². The molecule has 3 aromatic rings. The summed E-state index contributed by atoms with van der Waals surface area (Å²) in [6.45, 7) is 2.07. The summed E-state index contributed by atoms with van der Waals surface area (Å²) in [6, 6.07) is 7.50. The quantitative estimate of drug-likeness (QED) is 0.657. The molecule has 3 N–H and O–H groups in total. The lowest BCUT2D eigenvalue weighted by Gasteiger charge is -2.22. The topological polar surface area (TPSA) is 92.1 Å². The standard InChI is InChI=1S/C16H19N5O2S/c1-16(23,11-7-19-21(2)9-11)10-18-15(22)17-8-14-20-12-5-3-4-6-13(12)24-14/h3-7,9,23H,8,10H2,1-2H3,(H2,17,18,22). The number of amides is 2. The van der Waals surface area contributed by atoms with Gasteiger partial charge in [-0.25, -0.2) is 9.78 Å². The minimum absolute atomic E-state index is 0.0877. The summed E-state index contributed by atoms with van der Waals surface area (Å²) in [6.07, 6.45) is 3.31. The van der Waals surface area contributed by atoms with Crippen molar-refractivity contribution in [2.24, 2.45) is 7.05 Å². The smallest absolute Gasteiger partial charge is 0.315 e. The molecule has 0 aliphatic heterocycles. The zero-order valence-electron chi connectivity index (χ0n) is 13.5. The van der Waals surface area contributed by atoms with E-state index in [1.54, 1.807) is 42.4 Å².